The minimum atomic E-state index is -0.156. The summed E-state index contributed by atoms with van der Waals surface area (Å²) in [6, 6.07) is 9.25. The van der Waals surface area contributed by atoms with E-state index in [0.717, 1.165) is 25.3 Å². The monoisotopic (exact) mass is 356 g/mol. The number of hydrogen-bond acceptors (Lipinski definition) is 6. The van der Waals surface area contributed by atoms with Crippen LogP contribution in [0.3, 0.4) is 0 Å². The van der Waals surface area contributed by atoms with Crippen LogP contribution in [0.1, 0.15) is 48.5 Å². The molecule has 2 fully saturated rings. The minimum Gasteiger partial charge on any atom is -0.392 e. The Morgan fingerprint density at radius 1 is 1.27 bits per heavy atom. The molecule has 1 saturated heterocycles. The normalized spacial score (nSPS) is 26.6. The summed E-state index contributed by atoms with van der Waals surface area (Å²) < 4.78 is 5.44. The van der Waals surface area contributed by atoms with Crippen molar-refractivity contribution < 1.29 is 9.63 Å². The van der Waals surface area contributed by atoms with Crippen LogP contribution in [-0.4, -0.2) is 51.4 Å². The second-order valence-electron chi connectivity index (χ2n) is 7.63. The van der Waals surface area contributed by atoms with Crippen molar-refractivity contribution in [1.82, 2.24) is 20.4 Å². The van der Waals surface area contributed by atoms with Gasteiger partial charge in [-0.2, -0.15) is 4.98 Å². The lowest BCUT2D eigenvalue weighted by molar-refractivity contribution is 0.149. The number of aryl methyl sites for hydroxylation is 1. The molecular weight excluding hydrogens is 328 g/mol. The summed E-state index contributed by atoms with van der Waals surface area (Å²) in [6.07, 6.45) is 5.05. The van der Waals surface area contributed by atoms with Crippen molar-refractivity contribution in [3.8, 4) is 0 Å². The van der Waals surface area contributed by atoms with Gasteiger partial charge in [0.05, 0.1) is 12.6 Å². The third kappa shape index (κ3) is 3.98. The Morgan fingerprint density at radius 3 is 2.96 bits per heavy atom. The molecule has 6 nitrogen and oxygen atoms in total. The fourth-order valence-corrected chi connectivity index (χ4v) is 4.32. The van der Waals surface area contributed by atoms with Gasteiger partial charge in [-0.25, -0.2) is 0 Å². The highest BCUT2D eigenvalue weighted by Crippen LogP contribution is 2.27. The van der Waals surface area contributed by atoms with Crippen LogP contribution in [0, 0.1) is 6.92 Å². The Kier molecular flexibility index (Phi) is 5.33. The molecule has 0 amide bonds. The number of aromatic nitrogens is 2. The quantitative estimate of drug-likeness (QED) is 0.825. The minimum absolute atomic E-state index is 0.156. The van der Waals surface area contributed by atoms with E-state index in [1.807, 2.05) is 12.1 Å². The number of aliphatic hydroxyl groups is 1. The van der Waals surface area contributed by atoms with E-state index in [4.69, 9.17) is 4.52 Å². The van der Waals surface area contributed by atoms with Crippen LogP contribution >= 0.6 is 0 Å². The first-order chi connectivity index (χ1) is 12.7. The summed E-state index contributed by atoms with van der Waals surface area (Å²) in [7, 11) is 0. The zero-order valence-corrected chi connectivity index (χ0v) is 15.4. The lowest BCUT2D eigenvalue weighted by atomic mass is 10.1. The van der Waals surface area contributed by atoms with Crippen molar-refractivity contribution >= 4 is 0 Å². The predicted molar refractivity (Wildman–Crippen MR) is 98.7 cm³/mol. The summed E-state index contributed by atoms with van der Waals surface area (Å²) in [5.41, 5.74) is 2.48. The van der Waals surface area contributed by atoms with E-state index in [2.05, 4.69) is 39.4 Å². The van der Waals surface area contributed by atoms with Gasteiger partial charge in [-0.05, 0) is 37.3 Å². The number of hydrogen-bond donors (Lipinski definition) is 2. The SMILES string of the molecule is Cc1ccccc1Cc1noc(CN[C@@H]2CCC[C@@H]2N2CCC(O)C2)n1. The Bertz CT molecular complexity index is 732. The van der Waals surface area contributed by atoms with E-state index in [1.54, 1.807) is 0 Å². The number of aliphatic hydroxyl groups excluding tert-OH is 1. The molecule has 26 heavy (non-hydrogen) atoms. The van der Waals surface area contributed by atoms with Gasteiger partial charge >= 0.3 is 0 Å². The van der Waals surface area contributed by atoms with Crippen LogP contribution in [-0.2, 0) is 13.0 Å². The van der Waals surface area contributed by atoms with Crippen LogP contribution in [0.5, 0.6) is 0 Å². The Balaban J connectivity index is 1.32. The van der Waals surface area contributed by atoms with Crippen molar-refractivity contribution in [2.45, 2.75) is 63.8 Å². The maximum Gasteiger partial charge on any atom is 0.240 e. The Labute approximate surface area is 154 Å². The van der Waals surface area contributed by atoms with Gasteiger partial charge < -0.3 is 14.9 Å². The molecule has 2 heterocycles. The van der Waals surface area contributed by atoms with Gasteiger partial charge in [-0.1, -0.05) is 35.8 Å². The summed E-state index contributed by atoms with van der Waals surface area (Å²) in [5.74, 6) is 1.39. The molecule has 2 aliphatic rings. The summed E-state index contributed by atoms with van der Waals surface area (Å²) >= 11 is 0. The highest BCUT2D eigenvalue weighted by molar-refractivity contribution is 5.27. The van der Waals surface area contributed by atoms with E-state index >= 15 is 0 Å². The molecule has 1 aromatic heterocycles. The van der Waals surface area contributed by atoms with Gasteiger partial charge in [0.2, 0.25) is 5.89 Å². The lowest BCUT2D eigenvalue weighted by Crippen LogP contribution is -2.46. The Morgan fingerprint density at radius 2 is 2.15 bits per heavy atom. The van der Waals surface area contributed by atoms with Gasteiger partial charge in [0.25, 0.3) is 0 Å². The van der Waals surface area contributed by atoms with Crippen LogP contribution in [0.4, 0.5) is 0 Å². The standard InChI is InChI=1S/C20H28N4O2/c1-14-5-2-3-6-15(14)11-19-22-20(26-23-19)12-21-17-7-4-8-18(17)24-10-9-16(25)13-24/h2-3,5-6,16-18,21,25H,4,7-13H2,1H3/t16?,17-,18+/m1/s1. The largest absolute Gasteiger partial charge is 0.392 e. The molecule has 0 bridgehead atoms. The molecule has 0 spiro atoms. The van der Waals surface area contributed by atoms with Gasteiger partial charge in [0.1, 0.15) is 0 Å². The lowest BCUT2D eigenvalue weighted by Gasteiger charge is -2.29. The van der Waals surface area contributed by atoms with E-state index in [0.29, 0.717) is 30.9 Å². The van der Waals surface area contributed by atoms with Crippen molar-refractivity contribution in [2.24, 2.45) is 0 Å². The first-order valence-corrected chi connectivity index (χ1v) is 9.70. The molecule has 1 aromatic carbocycles. The van der Waals surface area contributed by atoms with Crippen molar-refractivity contribution in [3.05, 3.63) is 47.1 Å². The molecule has 1 unspecified atom stereocenters. The maximum atomic E-state index is 9.80. The zero-order chi connectivity index (χ0) is 17.9. The molecule has 6 heteroatoms. The van der Waals surface area contributed by atoms with Gasteiger partial charge in [-0.15, -0.1) is 0 Å². The molecule has 2 N–H and O–H groups in total. The molecule has 2 aromatic rings. The first kappa shape index (κ1) is 17.6. The first-order valence-electron chi connectivity index (χ1n) is 9.70. The van der Waals surface area contributed by atoms with Crippen molar-refractivity contribution in [1.29, 1.82) is 0 Å². The van der Waals surface area contributed by atoms with Gasteiger partial charge in [-0.3, -0.25) is 4.90 Å². The molecule has 3 atom stereocenters. The number of rotatable bonds is 6. The van der Waals surface area contributed by atoms with Gasteiger partial charge in [0.15, 0.2) is 5.82 Å². The molecule has 1 saturated carbocycles. The highest BCUT2D eigenvalue weighted by atomic mass is 16.5. The summed E-state index contributed by atoms with van der Waals surface area (Å²) in [4.78, 5) is 6.99. The second kappa shape index (κ2) is 7.86. The number of benzene rings is 1. The van der Waals surface area contributed by atoms with Crippen LogP contribution in [0.15, 0.2) is 28.8 Å². The second-order valence-corrected chi connectivity index (χ2v) is 7.63. The summed E-state index contributed by atoms with van der Waals surface area (Å²) in [6.45, 7) is 4.53. The number of β-amino-alcohol motifs (C(OH)–C–C–N with tert-alkyl or cyclic N) is 1. The van der Waals surface area contributed by atoms with E-state index in [-0.39, 0.29) is 6.10 Å². The highest BCUT2D eigenvalue weighted by Gasteiger charge is 2.35. The summed E-state index contributed by atoms with van der Waals surface area (Å²) in [5, 5.41) is 17.5. The van der Waals surface area contributed by atoms with Crippen LogP contribution in [0.25, 0.3) is 0 Å². The average molecular weight is 356 g/mol. The third-order valence-electron chi connectivity index (χ3n) is 5.78. The number of likely N-dealkylation sites (tertiary alicyclic amines) is 1. The molecule has 1 aliphatic heterocycles. The van der Waals surface area contributed by atoms with E-state index in [9.17, 15) is 5.11 Å². The van der Waals surface area contributed by atoms with Crippen molar-refractivity contribution in [3.63, 3.8) is 0 Å². The molecule has 1 aliphatic carbocycles. The molecule has 140 valence electrons. The zero-order valence-electron chi connectivity index (χ0n) is 15.4. The van der Waals surface area contributed by atoms with Gasteiger partial charge in [0, 0.05) is 31.6 Å². The molecule has 0 radical (unpaired) electrons. The van der Waals surface area contributed by atoms with Crippen molar-refractivity contribution in [2.75, 3.05) is 13.1 Å². The maximum absolute atomic E-state index is 9.80. The van der Waals surface area contributed by atoms with Crippen LogP contribution in [0.2, 0.25) is 0 Å². The van der Waals surface area contributed by atoms with E-state index < -0.39 is 0 Å². The Hall–Kier alpha value is -1.76. The average Bonchev–Trinajstić information content (AvgIpc) is 3.36. The number of nitrogens with one attached hydrogen (secondary N) is 1. The predicted octanol–water partition coefficient (Wildman–Crippen LogP) is 2.05. The number of nitrogens with zero attached hydrogens (tertiary/aromatic N) is 3. The molecular formula is C20H28N4O2. The topological polar surface area (TPSA) is 74.4 Å². The fourth-order valence-electron chi connectivity index (χ4n) is 4.32. The smallest absolute Gasteiger partial charge is 0.240 e. The van der Waals surface area contributed by atoms with Crippen LogP contribution < -0.4 is 5.32 Å². The van der Waals surface area contributed by atoms with E-state index in [1.165, 1.54) is 30.4 Å². The molecule has 4 rings (SSSR count). The third-order valence-corrected chi connectivity index (χ3v) is 5.78. The fraction of sp³-hybridized carbons (Fsp3) is 0.600.